The Morgan fingerprint density at radius 2 is 2.31 bits per heavy atom. The summed E-state index contributed by atoms with van der Waals surface area (Å²) in [7, 11) is 1.19. The first kappa shape index (κ1) is 12.8. The van der Waals surface area contributed by atoms with Gasteiger partial charge in [-0.15, -0.1) is 0 Å². The van der Waals surface area contributed by atoms with E-state index in [1.54, 1.807) is 0 Å². The second kappa shape index (κ2) is 5.20. The molecule has 1 heterocycles. The molecule has 0 atom stereocenters. The zero-order valence-electron chi connectivity index (χ0n) is 8.34. The number of nitrogens with zero attached hydrogens (tertiary/aromatic N) is 1. The molecule has 1 aromatic rings. The molecule has 7 heteroatoms. The Labute approximate surface area is 98.9 Å². The Morgan fingerprint density at radius 3 is 2.75 bits per heavy atom. The fourth-order valence-electron chi connectivity index (χ4n) is 1.15. The van der Waals surface area contributed by atoms with Gasteiger partial charge < -0.3 is 10.5 Å². The highest BCUT2D eigenvalue weighted by atomic mass is 79.9. The van der Waals surface area contributed by atoms with Crippen LogP contribution in [0.5, 0.6) is 0 Å². The number of rotatable bonds is 3. The summed E-state index contributed by atoms with van der Waals surface area (Å²) in [5.74, 6) is -0.658. The molecule has 0 radical (unpaired) electrons. The maximum absolute atomic E-state index is 12.5. The minimum Gasteiger partial charge on any atom is -0.465 e. The molecule has 0 spiro atoms. The molecule has 0 aromatic carbocycles. The zero-order chi connectivity index (χ0) is 12.3. The molecule has 2 N–H and O–H groups in total. The Bertz CT molecular complexity index is 413. The zero-order valence-corrected chi connectivity index (χ0v) is 9.92. The van der Waals surface area contributed by atoms with Gasteiger partial charge in [0.05, 0.1) is 24.1 Å². The summed E-state index contributed by atoms with van der Waals surface area (Å²) >= 11 is 3.06. The lowest BCUT2D eigenvalue weighted by Gasteiger charge is -2.09. The molecule has 0 unspecified atom stereocenters. The fraction of sp³-hybridized carbons (Fsp3) is 0.333. The van der Waals surface area contributed by atoms with E-state index in [1.165, 1.54) is 7.11 Å². The van der Waals surface area contributed by atoms with E-state index in [1.807, 2.05) is 0 Å². The first-order chi connectivity index (χ1) is 7.51. The highest BCUT2D eigenvalue weighted by Gasteiger charge is 2.20. The van der Waals surface area contributed by atoms with Crippen LogP contribution in [-0.4, -0.2) is 18.1 Å². The van der Waals surface area contributed by atoms with Gasteiger partial charge in [0.15, 0.2) is 0 Å². The molecule has 0 fully saturated rings. The summed E-state index contributed by atoms with van der Waals surface area (Å²) in [4.78, 5) is 14.9. The summed E-state index contributed by atoms with van der Waals surface area (Å²) < 4.78 is 29.5. The Hall–Kier alpha value is -1.24. The number of pyridine rings is 1. The van der Waals surface area contributed by atoms with E-state index >= 15 is 0 Å². The maximum Gasteiger partial charge on any atom is 0.339 e. The van der Waals surface area contributed by atoms with E-state index in [4.69, 9.17) is 5.73 Å². The molecule has 0 aliphatic heterocycles. The average molecular weight is 295 g/mol. The van der Waals surface area contributed by atoms with Crippen molar-refractivity contribution in [1.82, 2.24) is 4.98 Å². The van der Waals surface area contributed by atoms with E-state index in [-0.39, 0.29) is 22.3 Å². The molecule has 0 aliphatic carbocycles. The predicted molar refractivity (Wildman–Crippen MR) is 57.6 cm³/mol. The van der Waals surface area contributed by atoms with Gasteiger partial charge in [0, 0.05) is 5.33 Å². The second-order valence-electron chi connectivity index (χ2n) is 2.88. The van der Waals surface area contributed by atoms with Crippen molar-refractivity contribution in [2.75, 3.05) is 12.8 Å². The lowest BCUT2D eigenvalue weighted by Crippen LogP contribution is -2.11. The predicted octanol–water partition coefficient (Wildman–Crippen LogP) is 2.28. The molecular formula is C9H9BrF2N2O2. The lowest BCUT2D eigenvalue weighted by atomic mass is 10.1. The Morgan fingerprint density at radius 1 is 1.69 bits per heavy atom. The van der Waals surface area contributed by atoms with Crippen LogP contribution >= 0.6 is 15.9 Å². The smallest absolute Gasteiger partial charge is 0.339 e. The Balaban J connectivity index is 3.32. The number of nitrogens with two attached hydrogens (primary N) is 1. The van der Waals surface area contributed by atoms with Crippen LogP contribution in [0, 0.1) is 0 Å². The van der Waals surface area contributed by atoms with E-state index in [9.17, 15) is 13.6 Å². The second-order valence-corrected chi connectivity index (χ2v) is 3.44. The quantitative estimate of drug-likeness (QED) is 0.686. The third kappa shape index (κ3) is 2.46. The van der Waals surface area contributed by atoms with Gasteiger partial charge in [-0.3, -0.25) is 0 Å². The van der Waals surface area contributed by atoms with Crippen molar-refractivity contribution in [3.8, 4) is 0 Å². The number of hydrogen-bond donors (Lipinski definition) is 1. The van der Waals surface area contributed by atoms with Crippen LogP contribution in [0.1, 0.15) is 28.2 Å². The minimum absolute atomic E-state index is 0.0845. The SMILES string of the molecule is COC(=O)c1cc(N)c(C(F)F)nc1CBr. The first-order valence-corrected chi connectivity index (χ1v) is 5.35. The molecule has 1 aromatic heterocycles. The number of ether oxygens (including phenoxy) is 1. The van der Waals surface area contributed by atoms with E-state index < -0.39 is 18.1 Å². The number of hydrogen-bond acceptors (Lipinski definition) is 4. The molecule has 4 nitrogen and oxygen atoms in total. The number of carbonyl (C=O) groups excluding carboxylic acids is 1. The van der Waals surface area contributed by atoms with E-state index in [0.29, 0.717) is 0 Å². The number of halogens is 3. The highest BCUT2D eigenvalue weighted by Crippen LogP contribution is 2.26. The van der Waals surface area contributed by atoms with Crippen molar-refractivity contribution in [2.45, 2.75) is 11.8 Å². The van der Waals surface area contributed by atoms with Crippen molar-refractivity contribution in [3.05, 3.63) is 23.0 Å². The Kier molecular flexibility index (Phi) is 4.17. The number of aromatic nitrogens is 1. The molecule has 16 heavy (non-hydrogen) atoms. The van der Waals surface area contributed by atoms with Crippen LogP contribution < -0.4 is 5.73 Å². The summed E-state index contributed by atoms with van der Waals surface area (Å²) in [6.07, 6.45) is -2.77. The number of alkyl halides is 3. The number of anilines is 1. The van der Waals surface area contributed by atoms with Crippen LogP contribution in [0.4, 0.5) is 14.5 Å². The van der Waals surface area contributed by atoms with Gasteiger partial charge in [-0.2, -0.15) is 0 Å². The van der Waals surface area contributed by atoms with Gasteiger partial charge in [-0.05, 0) is 6.07 Å². The normalized spacial score (nSPS) is 10.6. The van der Waals surface area contributed by atoms with Crippen LogP contribution in [0.3, 0.4) is 0 Å². The van der Waals surface area contributed by atoms with Crippen LogP contribution in [0.25, 0.3) is 0 Å². The van der Waals surface area contributed by atoms with Crippen LogP contribution in [0.15, 0.2) is 6.07 Å². The van der Waals surface area contributed by atoms with Gasteiger partial charge in [0.25, 0.3) is 6.43 Å². The molecule has 0 amide bonds. The third-order valence-corrected chi connectivity index (χ3v) is 2.43. The first-order valence-electron chi connectivity index (χ1n) is 4.23. The number of methoxy groups -OCH3 is 1. The number of nitrogen functional groups attached to an aromatic ring is 1. The van der Waals surface area contributed by atoms with Crippen molar-refractivity contribution >= 4 is 27.6 Å². The van der Waals surface area contributed by atoms with Crippen molar-refractivity contribution in [2.24, 2.45) is 0 Å². The summed E-state index contributed by atoms with van der Waals surface area (Å²) in [6.45, 7) is 0. The number of carbonyl (C=O) groups is 1. The van der Waals surface area contributed by atoms with Gasteiger partial charge in [0.1, 0.15) is 5.69 Å². The molecule has 0 saturated carbocycles. The van der Waals surface area contributed by atoms with Crippen molar-refractivity contribution in [3.63, 3.8) is 0 Å². The van der Waals surface area contributed by atoms with E-state index in [0.717, 1.165) is 6.07 Å². The summed E-state index contributed by atoms with van der Waals surface area (Å²) in [5, 5.41) is 0.164. The molecule has 0 aliphatic rings. The largest absolute Gasteiger partial charge is 0.465 e. The minimum atomic E-state index is -2.77. The molecule has 88 valence electrons. The standard InChI is InChI=1S/C9H9BrF2N2O2/c1-16-9(15)4-2-5(13)7(8(11)12)14-6(4)3-10/h2,8H,3,13H2,1H3. The van der Waals surface area contributed by atoms with Gasteiger partial charge in [0.2, 0.25) is 0 Å². The summed E-state index contributed by atoms with van der Waals surface area (Å²) in [6, 6.07) is 1.15. The molecule has 0 bridgehead atoms. The van der Waals surface area contributed by atoms with Gasteiger partial charge >= 0.3 is 5.97 Å². The van der Waals surface area contributed by atoms with Crippen LogP contribution in [0.2, 0.25) is 0 Å². The lowest BCUT2D eigenvalue weighted by molar-refractivity contribution is 0.0598. The van der Waals surface area contributed by atoms with Crippen molar-refractivity contribution in [1.29, 1.82) is 0 Å². The van der Waals surface area contributed by atoms with Gasteiger partial charge in [-0.25, -0.2) is 18.6 Å². The van der Waals surface area contributed by atoms with Crippen LogP contribution in [-0.2, 0) is 10.1 Å². The highest BCUT2D eigenvalue weighted by molar-refractivity contribution is 9.08. The number of esters is 1. The molecule has 1 rings (SSSR count). The molecular weight excluding hydrogens is 286 g/mol. The third-order valence-electron chi connectivity index (χ3n) is 1.90. The van der Waals surface area contributed by atoms with Crippen molar-refractivity contribution < 1.29 is 18.3 Å². The molecule has 0 saturated heterocycles. The summed E-state index contributed by atoms with van der Waals surface area (Å²) in [5.41, 5.74) is 4.89. The average Bonchev–Trinajstić information content (AvgIpc) is 2.27. The van der Waals surface area contributed by atoms with E-state index in [2.05, 4.69) is 25.7 Å². The maximum atomic E-state index is 12.5. The topological polar surface area (TPSA) is 65.2 Å². The fourth-order valence-corrected chi connectivity index (χ4v) is 1.57. The monoisotopic (exact) mass is 294 g/mol. The van der Waals surface area contributed by atoms with Gasteiger partial charge in [-0.1, -0.05) is 15.9 Å².